The molecule has 254 valence electrons. The van der Waals surface area contributed by atoms with Crippen LogP contribution in [0.25, 0.3) is 21.7 Å². The molecular weight excluding hydrogens is 634 g/mol. The summed E-state index contributed by atoms with van der Waals surface area (Å²) >= 11 is 1.43. The lowest BCUT2D eigenvalue weighted by Gasteiger charge is -2.29. The number of carboxylic acid groups (broad SMARTS) is 1. The van der Waals surface area contributed by atoms with Gasteiger partial charge in [0.1, 0.15) is 34.1 Å². The van der Waals surface area contributed by atoms with Crippen molar-refractivity contribution >= 4 is 45.2 Å². The number of aromatic nitrogens is 4. The van der Waals surface area contributed by atoms with Gasteiger partial charge < -0.3 is 25.4 Å². The number of thiophene rings is 1. The molecule has 0 spiro atoms. The third-order valence-electron chi connectivity index (χ3n) is 9.91. The number of rotatable bonds is 7. The lowest BCUT2D eigenvalue weighted by molar-refractivity contribution is -0.146. The van der Waals surface area contributed by atoms with E-state index in [0.717, 1.165) is 54.6 Å². The molecule has 3 N–H and O–H groups in total. The van der Waals surface area contributed by atoms with Crippen molar-refractivity contribution in [3.8, 4) is 17.4 Å². The van der Waals surface area contributed by atoms with E-state index in [4.69, 9.17) is 14.7 Å². The second kappa shape index (κ2) is 12.9. The van der Waals surface area contributed by atoms with Crippen molar-refractivity contribution in [1.29, 1.82) is 0 Å². The van der Waals surface area contributed by atoms with Gasteiger partial charge in [-0.1, -0.05) is 25.0 Å². The predicted molar refractivity (Wildman–Crippen MR) is 177 cm³/mol. The highest BCUT2D eigenvalue weighted by atomic mass is 32.1. The monoisotopic (exact) mass is 675 g/mol. The number of aryl methyl sites for hydroxylation is 2. The Labute approximate surface area is 282 Å². The first-order valence-corrected chi connectivity index (χ1v) is 17.7. The zero-order valence-corrected chi connectivity index (χ0v) is 28.0. The number of ether oxygens (including phenoxy) is 1. The zero-order chi connectivity index (χ0) is 33.6. The largest absolute Gasteiger partial charge is 0.479 e. The van der Waals surface area contributed by atoms with Gasteiger partial charge in [-0.25, -0.2) is 9.78 Å². The van der Waals surface area contributed by atoms with Crippen LogP contribution >= 0.6 is 11.3 Å². The summed E-state index contributed by atoms with van der Waals surface area (Å²) in [5, 5.41) is 22.3. The summed E-state index contributed by atoms with van der Waals surface area (Å²) in [6, 6.07) is 1.99. The number of hydrogen-bond donors (Lipinski definition) is 3. The molecule has 5 heterocycles. The minimum Gasteiger partial charge on any atom is -0.479 e. The molecule has 3 aromatic rings. The van der Waals surface area contributed by atoms with Crippen LogP contribution in [0.4, 0.5) is 0 Å². The highest BCUT2D eigenvalue weighted by molar-refractivity contribution is 7.17. The van der Waals surface area contributed by atoms with Gasteiger partial charge in [-0.3, -0.25) is 19.1 Å². The Morgan fingerprint density at radius 3 is 2.77 bits per heavy atom. The van der Waals surface area contributed by atoms with E-state index in [9.17, 15) is 24.3 Å². The summed E-state index contributed by atoms with van der Waals surface area (Å²) < 4.78 is 8.97. The maximum atomic E-state index is 14.3. The van der Waals surface area contributed by atoms with Crippen LogP contribution < -0.4 is 15.4 Å². The molecule has 14 heteroatoms. The normalized spacial score (nSPS) is 28.5. The van der Waals surface area contributed by atoms with Crippen molar-refractivity contribution in [3.05, 3.63) is 35.4 Å². The van der Waals surface area contributed by atoms with Crippen molar-refractivity contribution in [2.45, 2.75) is 94.9 Å². The van der Waals surface area contributed by atoms with E-state index in [2.05, 4.69) is 15.7 Å². The second-order valence-electron chi connectivity index (χ2n) is 13.7. The maximum Gasteiger partial charge on any atom is 0.330 e. The van der Waals surface area contributed by atoms with Crippen LogP contribution in [0.5, 0.6) is 5.88 Å². The third-order valence-corrected chi connectivity index (χ3v) is 10.8. The average molecular weight is 676 g/mol. The molecule has 2 aliphatic heterocycles. The molecule has 0 aromatic carbocycles. The molecule has 0 bridgehead atoms. The number of allylic oxidation sites excluding steroid dienone is 1. The number of fused-ring (bicyclic) bond motifs is 3. The molecule has 2 aliphatic carbocycles. The van der Waals surface area contributed by atoms with Crippen LogP contribution in [0.2, 0.25) is 0 Å². The predicted octanol–water partition coefficient (Wildman–Crippen LogP) is 3.51. The molecule has 3 aromatic heterocycles. The first-order chi connectivity index (χ1) is 23.1. The first kappa shape index (κ1) is 32.2. The average Bonchev–Trinajstić information content (AvgIpc) is 3.81. The van der Waals surface area contributed by atoms with Crippen molar-refractivity contribution in [1.82, 2.24) is 35.3 Å². The lowest BCUT2D eigenvalue weighted by Crippen LogP contribution is -2.56. The summed E-state index contributed by atoms with van der Waals surface area (Å²) in [4.78, 5) is 64.7. The van der Waals surface area contributed by atoms with Gasteiger partial charge in [-0.15, -0.1) is 11.3 Å². The number of carboxylic acids is 1. The molecule has 3 amide bonds. The SMILES string of the molecule is Cc1cc(-c2nc(O[C@@H]3C[C@H]4C(=O)N[C@]5(C(=O)O)C[C@H]5/C=C/CCCCC[C@H](NC(=O)CC5CC5)C(=O)N4C3)c3sccc3n2)n(C)n1. The van der Waals surface area contributed by atoms with Crippen LogP contribution in [0.1, 0.15) is 69.9 Å². The summed E-state index contributed by atoms with van der Waals surface area (Å²) in [6.45, 7) is 1.97. The number of carbonyl (C=O) groups is 4. The van der Waals surface area contributed by atoms with Gasteiger partial charge in [-0.05, 0) is 68.9 Å². The van der Waals surface area contributed by atoms with Gasteiger partial charge in [0.25, 0.3) is 0 Å². The Bertz CT molecular complexity index is 1780. The molecule has 0 unspecified atom stereocenters. The molecule has 2 saturated carbocycles. The van der Waals surface area contributed by atoms with Crippen LogP contribution in [0.15, 0.2) is 29.7 Å². The fraction of sp³-hybridized carbons (Fsp3) is 0.559. The van der Waals surface area contributed by atoms with Gasteiger partial charge >= 0.3 is 5.97 Å². The zero-order valence-electron chi connectivity index (χ0n) is 27.2. The number of nitrogens with one attached hydrogen (secondary N) is 2. The quantitative estimate of drug-likeness (QED) is 0.318. The standard InChI is InChI=1S/C34H41N7O6S/c1-19-14-25(40(2)39-19)29-36-23-12-13-48-28(23)31(37-29)47-22-16-26-30(43)38-34(33(45)46)17-21(34)8-6-4-3-5-7-9-24(32(44)41(26)18-22)35-27(42)15-20-10-11-20/h6,8,12-14,20-22,24,26H,3-5,7,9-11,15-18H2,1-2H3,(H,35,42)(H,38,43)(H,45,46)/b8-6+/t21-,22-,24+,26+,34-/m1/s1. The Balaban J connectivity index is 1.19. The van der Waals surface area contributed by atoms with E-state index in [1.165, 1.54) is 16.2 Å². The molecule has 3 fully saturated rings. The van der Waals surface area contributed by atoms with E-state index in [1.807, 2.05) is 43.6 Å². The highest BCUT2D eigenvalue weighted by Gasteiger charge is 2.61. The van der Waals surface area contributed by atoms with Gasteiger partial charge in [0.15, 0.2) is 5.82 Å². The van der Waals surface area contributed by atoms with E-state index < -0.39 is 35.6 Å². The number of hydrogen-bond acceptors (Lipinski definition) is 9. The molecule has 5 atom stereocenters. The first-order valence-electron chi connectivity index (χ1n) is 16.9. The van der Waals surface area contributed by atoms with Gasteiger partial charge in [-0.2, -0.15) is 10.1 Å². The smallest absolute Gasteiger partial charge is 0.330 e. The summed E-state index contributed by atoms with van der Waals surface area (Å²) in [6.07, 6.45) is 9.79. The Morgan fingerprint density at radius 1 is 1.19 bits per heavy atom. The fourth-order valence-corrected chi connectivity index (χ4v) is 7.76. The molecule has 48 heavy (non-hydrogen) atoms. The molecule has 1 saturated heterocycles. The van der Waals surface area contributed by atoms with E-state index in [0.29, 0.717) is 42.4 Å². The minimum absolute atomic E-state index is 0.0757. The summed E-state index contributed by atoms with van der Waals surface area (Å²) in [5.74, 6) is -1.33. The third kappa shape index (κ3) is 6.54. The maximum absolute atomic E-state index is 14.3. The van der Waals surface area contributed by atoms with E-state index >= 15 is 0 Å². The van der Waals surface area contributed by atoms with Crippen LogP contribution in [0, 0.1) is 18.8 Å². The van der Waals surface area contributed by atoms with Crippen molar-refractivity contribution in [2.75, 3.05) is 6.54 Å². The molecule has 0 radical (unpaired) electrons. The number of nitrogens with zero attached hydrogens (tertiary/aromatic N) is 5. The summed E-state index contributed by atoms with van der Waals surface area (Å²) in [7, 11) is 1.82. The van der Waals surface area contributed by atoms with Gasteiger partial charge in [0, 0.05) is 25.8 Å². The number of carbonyl (C=O) groups excluding carboxylic acids is 3. The van der Waals surface area contributed by atoms with Crippen molar-refractivity contribution in [2.24, 2.45) is 18.9 Å². The second-order valence-corrected chi connectivity index (χ2v) is 14.6. The van der Waals surface area contributed by atoms with Gasteiger partial charge in [0.05, 0.1) is 17.8 Å². The number of aliphatic carboxylic acids is 1. The van der Waals surface area contributed by atoms with Crippen LogP contribution in [0.3, 0.4) is 0 Å². The topological polar surface area (TPSA) is 169 Å². The molecule has 7 rings (SSSR count). The molecule has 13 nitrogen and oxygen atoms in total. The molecule has 4 aliphatic rings. The van der Waals surface area contributed by atoms with Gasteiger partial charge in [0.2, 0.25) is 23.6 Å². The number of amides is 3. The Hall–Kier alpha value is -4.33. The van der Waals surface area contributed by atoms with E-state index in [1.54, 1.807) is 4.68 Å². The highest BCUT2D eigenvalue weighted by Crippen LogP contribution is 2.45. The Kier molecular flexibility index (Phi) is 8.69. The van der Waals surface area contributed by atoms with Crippen molar-refractivity contribution in [3.63, 3.8) is 0 Å². The van der Waals surface area contributed by atoms with Crippen LogP contribution in [-0.2, 0) is 26.2 Å². The van der Waals surface area contributed by atoms with Crippen molar-refractivity contribution < 1.29 is 29.0 Å². The Morgan fingerprint density at radius 2 is 2.02 bits per heavy atom. The summed E-state index contributed by atoms with van der Waals surface area (Å²) in [5.41, 5.74) is 0.830. The van der Waals surface area contributed by atoms with Crippen LogP contribution in [-0.4, -0.2) is 83.7 Å². The fourth-order valence-electron chi connectivity index (χ4n) is 6.99. The lowest BCUT2D eigenvalue weighted by atomic mass is 10.0. The van der Waals surface area contributed by atoms with E-state index in [-0.39, 0.29) is 30.7 Å². The molecular formula is C34H41N7O6S. The minimum atomic E-state index is -1.41.